The molecule has 2 fully saturated rings. The van der Waals surface area contributed by atoms with Gasteiger partial charge in [0.2, 0.25) is 11.8 Å². The molecule has 1 spiro atoms. The molecule has 2 saturated heterocycles. The zero-order chi connectivity index (χ0) is 41.0. The van der Waals surface area contributed by atoms with Crippen LogP contribution in [0.5, 0.6) is 11.5 Å². The molecule has 0 aliphatic carbocycles. The van der Waals surface area contributed by atoms with E-state index in [1.54, 1.807) is 19.1 Å². The molecule has 0 bridgehead atoms. The number of rotatable bonds is 13. The van der Waals surface area contributed by atoms with Crippen molar-refractivity contribution in [1.82, 2.24) is 4.90 Å². The minimum Gasteiger partial charge on any atom is -0.497 e. The Morgan fingerprint density at radius 3 is 2.31 bits per heavy atom. The molecule has 1 N–H and O–H groups in total. The first-order valence-electron chi connectivity index (χ1n) is 20.7. The predicted octanol–water partition coefficient (Wildman–Crippen LogP) is 7.17. The van der Waals surface area contributed by atoms with Crippen molar-refractivity contribution in [3.63, 3.8) is 0 Å². The molecule has 4 atom stereocenters. The van der Waals surface area contributed by atoms with Gasteiger partial charge in [-0.15, -0.1) is 0 Å². The average molecular weight is 804 g/mol. The van der Waals surface area contributed by atoms with Gasteiger partial charge in [-0.3, -0.25) is 14.4 Å². The van der Waals surface area contributed by atoms with E-state index >= 15 is 4.79 Å². The Hall–Kier alpha value is -4.97. The van der Waals surface area contributed by atoms with Crippen LogP contribution in [0.2, 0.25) is 18.6 Å². The first kappa shape index (κ1) is 41.2. The summed E-state index contributed by atoms with van der Waals surface area (Å²) in [4.78, 5) is 48.6. The van der Waals surface area contributed by atoms with Gasteiger partial charge in [0.05, 0.1) is 53.7 Å². The monoisotopic (exact) mass is 803 g/mol. The van der Waals surface area contributed by atoms with Gasteiger partial charge in [-0.2, -0.15) is 0 Å². The van der Waals surface area contributed by atoms with Crippen LogP contribution < -0.4 is 24.5 Å². The van der Waals surface area contributed by atoms with Crippen LogP contribution in [0.4, 0.5) is 11.4 Å². The molecule has 4 aromatic rings. The van der Waals surface area contributed by atoms with Gasteiger partial charge in [-0.25, -0.2) is 0 Å². The average Bonchev–Trinajstić information content (AvgIpc) is 3.65. The van der Waals surface area contributed by atoms with Crippen molar-refractivity contribution in [2.24, 2.45) is 5.92 Å². The van der Waals surface area contributed by atoms with Crippen molar-refractivity contribution in [3.05, 3.63) is 114 Å². The van der Waals surface area contributed by atoms with Crippen LogP contribution in [0.25, 0.3) is 0 Å². The van der Waals surface area contributed by atoms with Crippen LogP contribution in [0.3, 0.4) is 0 Å². The quantitative estimate of drug-likeness (QED) is 0.143. The highest BCUT2D eigenvalue weighted by atomic mass is 28.3. The maximum Gasteiger partial charge on any atom is 0.264 e. The van der Waals surface area contributed by atoms with Crippen molar-refractivity contribution in [1.29, 1.82) is 0 Å². The summed E-state index contributed by atoms with van der Waals surface area (Å²) in [6, 6.07) is 31.7. The lowest BCUT2D eigenvalue weighted by Crippen LogP contribution is -2.52. The van der Waals surface area contributed by atoms with E-state index in [0.717, 1.165) is 59.5 Å². The zero-order valence-electron chi connectivity index (χ0n) is 34.5. The molecule has 3 amide bonds. The molecule has 3 aliphatic rings. The Labute approximate surface area is 343 Å². The molecule has 58 heavy (non-hydrogen) atoms. The molecular weight excluding hydrogens is 747 g/mol. The van der Waals surface area contributed by atoms with Gasteiger partial charge in [0.25, 0.3) is 5.91 Å². The van der Waals surface area contributed by atoms with Crippen molar-refractivity contribution >= 4 is 42.4 Å². The van der Waals surface area contributed by atoms with E-state index in [4.69, 9.17) is 14.2 Å². The smallest absolute Gasteiger partial charge is 0.264 e. The lowest BCUT2D eigenvalue weighted by molar-refractivity contribution is -0.150. The van der Waals surface area contributed by atoms with E-state index in [1.807, 2.05) is 94.7 Å². The number of carbonyl (C=O) groups is 3. The Balaban J connectivity index is 1.28. The number of amides is 3. The highest BCUT2D eigenvalue weighted by Gasteiger charge is 2.66. The fourth-order valence-corrected chi connectivity index (χ4v) is 13.7. The summed E-state index contributed by atoms with van der Waals surface area (Å²) in [5.41, 5.74) is 2.63. The summed E-state index contributed by atoms with van der Waals surface area (Å²) in [5.74, 6) is 0.863. The third-order valence-corrected chi connectivity index (χ3v) is 17.1. The molecule has 11 heteroatoms. The lowest BCUT2D eigenvalue weighted by atomic mass is 9.82. The van der Waals surface area contributed by atoms with E-state index < -0.39 is 19.8 Å². The van der Waals surface area contributed by atoms with Gasteiger partial charge in [-0.05, 0) is 72.0 Å². The van der Waals surface area contributed by atoms with Crippen LogP contribution in [-0.4, -0.2) is 75.8 Å². The van der Waals surface area contributed by atoms with Crippen LogP contribution in [0.1, 0.15) is 62.1 Å². The number of anilines is 2. The van der Waals surface area contributed by atoms with Crippen LogP contribution in [-0.2, 0) is 37.8 Å². The number of aliphatic hydroxyl groups is 1. The fraction of sp³-hybridized carbons (Fsp3) is 0.426. The summed E-state index contributed by atoms with van der Waals surface area (Å²) in [6.07, 6.45) is 4.01. The molecule has 0 unspecified atom stereocenters. The molecule has 10 nitrogen and oxygen atoms in total. The van der Waals surface area contributed by atoms with Gasteiger partial charge in [0.1, 0.15) is 11.5 Å². The van der Waals surface area contributed by atoms with E-state index in [9.17, 15) is 14.7 Å². The SMILES string of the molecule is COc1ccc([Si](C)(C)[C@H]2[C@H](CC(=O)N(CCO)Cc3ccccc3)O[C@@]3(C(=O)N(Cc4cccc(N5CCCCCCC5=O)c4)c4ccc(OC)cc43)[C@@H]2C)cc1. The number of hydrogen-bond acceptors (Lipinski definition) is 7. The highest BCUT2D eigenvalue weighted by molar-refractivity contribution is 6.91. The standard InChI is InChI=1S/C47H57N3O7Si/c1-33-45(58(4,5)39-22-19-37(55-2)20-23-39)42(30-44(53)48(26-27-51)31-34-14-9-8-10-15-34)57-47(33)40-29-38(56-3)21-24-41(40)50(46(47)54)32-35-16-13-17-36(28-35)49-25-12-7-6-11-18-43(49)52/h8-10,13-17,19-24,28-29,33,42,45,51H,6-7,11-12,18,25-27,30-32H2,1-5H3/t33-,42+,45-,47+/m1/s1. The summed E-state index contributed by atoms with van der Waals surface area (Å²) in [6.45, 7) is 8.03. The van der Waals surface area contributed by atoms with E-state index in [-0.39, 0.29) is 55.3 Å². The van der Waals surface area contributed by atoms with E-state index in [2.05, 4.69) is 32.2 Å². The van der Waals surface area contributed by atoms with Crippen molar-refractivity contribution < 1.29 is 33.7 Å². The Morgan fingerprint density at radius 1 is 0.879 bits per heavy atom. The number of benzene rings is 4. The number of fused-ring (bicyclic) bond motifs is 2. The molecule has 0 radical (unpaired) electrons. The van der Waals surface area contributed by atoms with Crippen LogP contribution in [0.15, 0.2) is 97.1 Å². The lowest BCUT2D eigenvalue weighted by Gasteiger charge is -2.37. The Bertz CT molecular complexity index is 2090. The van der Waals surface area contributed by atoms with Gasteiger partial charge in [-0.1, -0.05) is 92.6 Å². The molecule has 3 heterocycles. The van der Waals surface area contributed by atoms with Gasteiger partial charge in [0, 0.05) is 43.2 Å². The number of hydrogen-bond donors (Lipinski definition) is 1. The number of methoxy groups -OCH3 is 2. The number of carbonyl (C=O) groups excluding carboxylic acids is 3. The molecule has 3 aliphatic heterocycles. The minimum absolute atomic E-state index is 0.0503. The third kappa shape index (κ3) is 7.91. The van der Waals surface area contributed by atoms with E-state index in [0.29, 0.717) is 25.3 Å². The summed E-state index contributed by atoms with van der Waals surface area (Å²) in [5, 5.41) is 11.2. The van der Waals surface area contributed by atoms with Crippen molar-refractivity contribution in [3.8, 4) is 11.5 Å². The van der Waals surface area contributed by atoms with Gasteiger partial charge in [0.15, 0.2) is 5.60 Å². The van der Waals surface area contributed by atoms with Crippen molar-refractivity contribution in [2.45, 2.75) is 88.9 Å². The molecule has 306 valence electrons. The van der Waals surface area contributed by atoms with Gasteiger partial charge >= 0.3 is 0 Å². The summed E-state index contributed by atoms with van der Waals surface area (Å²) < 4.78 is 18.6. The Kier molecular flexibility index (Phi) is 12.4. The highest BCUT2D eigenvalue weighted by Crippen LogP contribution is 2.60. The molecule has 7 rings (SSSR count). The first-order valence-corrected chi connectivity index (χ1v) is 23.7. The zero-order valence-corrected chi connectivity index (χ0v) is 35.5. The second-order valence-corrected chi connectivity index (χ2v) is 21.2. The minimum atomic E-state index is -2.55. The van der Waals surface area contributed by atoms with Crippen LogP contribution >= 0.6 is 0 Å². The van der Waals surface area contributed by atoms with Crippen molar-refractivity contribution in [2.75, 3.05) is 43.7 Å². The number of aliphatic hydroxyl groups excluding tert-OH is 1. The maximum atomic E-state index is 15.5. The fourth-order valence-electron chi connectivity index (χ4n) is 9.73. The topological polar surface area (TPSA) is 109 Å². The molecule has 0 aromatic heterocycles. The molecule has 0 saturated carbocycles. The first-order chi connectivity index (χ1) is 28.0. The third-order valence-electron chi connectivity index (χ3n) is 12.7. The second-order valence-electron chi connectivity index (χ2n) is 16.5. The largest absolute Gasteiger partial charge is 0.497 e. The normalized spacial score (nSPS) is 22.1. The number of nitrogens with zero attached hydrogens (tertiary/aromatic N) is 3. The Morgan fingerprint density at radius 2 is 1.59 bits per heavy atom. The maximum absolute atomic E-state index is 15.5. The van der Waals surface area contributed by atoms with E-state index in [1.165, 1.54) is 5.19 Å². The molecular formula is C47H57N3O7Si. The molecule has 4 aromatic carbocycles. The second kappa shape index (κ2) is 17.5. The van der Waals surface area contributed by atoms with Crippen LogP contribution in [0, 0.1) is 5.92 Å². The summed E-state index contributed by atoms with van der Waals surface area (Å²) in [7, 11) is 0.722. The van der Waals surface area contributed by atoms with Gasteiger partial charge < -0.3 is 34.0 Å². The predicted molar refractivity (Wildman–Crippen MR) is 229 cm³/mol. The number of ether oxygens (including phenoxy) is 3. The summed E-state index contributed by atoms with van der Waals surface area (Å²) >= 11 is 0.